The topological polar surface area (TPSA) is 105 Å². The highest BCUT2D eigenvalue weighted by atomic mass is 32.2. The van der Waals surface area contributed by atoms with Gasteiger partial charge in [-0.1, -0.05) is 30.3 Å². The molecule has 2 heterocycles. The number of methoxy groups -OCH3 is 1. The molecule has 2 aromatic carbocycles. The van der Waals surface area contributed by atoms with E-state index in [1.54, 1.807) is 11.0 Å². The van der Waals surface area contributed by atoms with E-state index in [2.05, 4.69) is 5.32 Å². The van der Waals surface area contributed by atoms with Crippen LogP contribution in [-0.2, 0) is 30.9 Å². The fraction of sp³-hybridized carbons (Fsp3) is 0.391. The number of sulfonamides is 1. The second-order valence-electron chi connectivity index (χ2n) is 8.03. The summed E-state index contributed by atoms with van der Waals surface area (Å²) in [5.41, 5.74) is 1.33. The van der Waals surface area contributed by atoms with Crippen LogP contribution in [-0.4, -0.2) is 69.4 Å². The summed E-state index contributed by atoms with van der Waals surface area (Å²) in [4.78, 5) is 27.0. The third-order valence-corrected chi connectivity index (χ3v) is 7.74. The van der Waals surface area contributed by atoms with E-state index in [1.807, 2.05) is 30.3 Å². The molecule has 10 heteroatoms. The number of nitrogens with one attached hydrogen (secondary N) is 1. The number of carbonyl (C=O) groups is 2. The zero-order valence-electron chi connectivity index (χ0n) is 18.4. The fourth-order valence-corrected chi connectivity index (χ4v) is 5.62. The summed E-state index contributed by atoms with van der Waals surface area (Å²) < 4.78 is 38.2. The summed E-state index contributed by atoms with van der Waals surface area (Å²) in [7, 11) is -2.42. The lowest BCUT2D eigenvalue weighted by molar-refractivity contribution is -0.128. The van der Waals surface area contributed by atoms with Gasteiger partial charge >= 0.3 is 0 Å². The third-order valence-electron chi connectivity index (χ3n) is 5.82. The first-order chi connectivity index (χ1) is 15.9. The van der Waals surface area contributed by atoms with Crippen LogP contribution in [0.1, 0.15) is 12.0 Å². The zero-order chi connectivity index (χ0) is 23.4. The molecule has 4 rings (SSSR count). The van der Waals surface area contributed by atoms with Crippen LogP contribution in [0.2, 0.25) is 0 Å². The van der Waals surface area contributed by atoms with Crippen LogP contribution < -0.4 is 10.1 Å². The summed E-state index contributed by atoms with van der Waals surface area (Å²) in [5.74, 6) is -0.713. The largest absolute Gasteiger partial charge is 0.495 e. The molecule has 2 aliphatic heterocycles. The molecule has 1 unspecified atom stereocenters. The number of amides is 2. The maximum Gasteiger partial charge on any atom is 0.246 e. The molecular formula is C23H27N3O6S. The Morgan fingerprint density at radius 1 is 1.15 bits per heavy atom. The van der Waals surface area contributed by atoms with Crippen molar-refractivity contribution in [2.75, 3.05) is 45.3 Å². The van der Waals surface area contributed by atoms with Gasteiger partial charge in [0.1, 0.15) is 10.6 Å². The van der Waals surface area contributed by atoms with Gasteiger partial charge in [-0.3, -0.25) is 9.59 Å². The molecule has 0 saturated carbocycles. The summed E-state index contributed by atoms with van der Waals surface area (Å²) in [6, 6.07) is 14.1. The number of hydrogen-bond acceptors (Lipinski definition) is 6. The van der Waals surface area contributed by atoms with Crippen molar-refractivity contribution in [2.24, 2.45) is 5.92 Å². The third kappa shape index (κ3) is 5.18. The van der Waals surface area contributed by atoms with Crippen LogP contribution in [0.3, 0.4) is 0 Å². The molecule has 1 N–H and O–H groups in total. The van der Waals surface area contributed by atoms with Crippen LogP contribution in [0.4, 0.5) is 5.69 Å². The van der Waals surface area contributed by atoms with Crippen molar-refractivity contribution < 1.29 is 27.5 Å². The Hall–Kier alpha value is -2.95. The van der Waals surface area contributed by atoms with E-state index in [9.17, 15) is 18.0 Å². The predicted molar refractivity (Wildman–Crippen MR) is 121 cm³/mol. The van der Waals surface area contributed by atoms with Gasteiger partial charge in [-0.15, -0.1) is 0 Å². The predicted octanol–water partition coefficient (Wildman–Crippen LogP) is 1.70. The first-order valence-electron chi connectivity index (χ1n) is 10.8. The van der Waals surface area contributed by atoms with Gasteiger partial charge in [0, 0.05) is 38.3 Å². The number of hydrogen-bond donors (Lipinski definition) is 1. The number of carbonyl (C=O) groups excluding carboxylic acids is 2. The number of morpholine rings is 1. The summed E-state index contributed by atoms with van der Waals surface area (Å²) in [6.45, 7) is 1.93. The number of rotatable bonds is 7. The Labute approximate surface area is 193 Å². The SMILES string of the molecule is COc1ccc(NC(=O)C2CC(=O)N(Cc3ccccc3)C2)cc1S(=O)(=O)N1CCOCC1. The van der Waals surface area contributed by atoms with Crippen molar-refractivity contribution in [1.29, 1.82) is 0 Å². The van der Waals surface area contributed by atoms with Crippen LogP contribution in [0, 0.1) is 5.92 Å². The van der Waals surface area contributed by atoms with Crippen LogP contribution >= 0.6 is 0 Å². The van der Waals surface area contributed by atoms with E-state index in [-0.39, 0.29) is 42.0 Å². The minimum Gasteiger partial charge on any atom is -0.495 e. The Balaban J connectivity index is 1.47. The standard InChI is InChI=1S/C23H27N3O6S/c1-31-20-8-7-19(14-21(20)33(29,30)26-9-11-32-12-10-26)24-23(28)18-13-22(27)25(16-18)15-17-5-3-2-4-6-17/h2-8,14,18H,9-13,15-16H2,1H3,(H,24,28). The minimum atomic E-state index is -3.82. The van der Waals surface area contributed by atoms with Gasteiger partial charge in [0.05, 0.1) is 26.2 Å². The van der Waals surface area contributed by atoms with Gasteiger partial charge in [0.2, 0.25) is 21.8 Å². The molecule has 2 fully saturated rings. The lowest BCUT2D eigenvalue weighted by Crippen LogP contribution is -2.40. The van der Waals surface area contributed by atoms with E-state index in [0.29, 0.717) is 32.0 Å². The fourth-order valence-electron chi connectivity index (χ4n) is 4.03. The van der Waals surface area contributed by atoms with E-state index >= 15 is 0 Å². The molecule has 2 aliphatic rings. The highest BCUT2D eigenvalue weighted by Crippen LogP contribution is 2.31. The van der Waals surface area contributed by atoms with E-state index in [1.165, 1.54) is 23.5 Å². The van der Waals surface area contributed by atoms with Gasteiger partial charge in [0.25, 0.3) is 0 Å². The zero-order valence-corrected chi connectivity index (χ0v) is 19.2. The highest BCUT2D eigenvalue weighted by molar-refractivity contribution is 7.89. The molecule has 0 aromatic heterocycles. The summed E-state index contributed by atoms with van der Waals surface area (Å²) >= 11 is 0. The summed E-state index contributed by atoms with van der Waals surface area (Å²) in [6.07, 6.45) is 0.119. The van der Waals surface area contributed by atoms with Gasteiger partial charge < -0.3 is 19.7 Å². The first-order valence-corrected chi connectivity index (χ1v) is 12.2. The number of anilines is 1. The van der Waals surface area contributed by atoms with Gasteiger partial charge in [-0.25, -0.2) is 8.42 Å². The normalized spacial score (nSPS) is 19.5. The minimum absolute atomic E-state index is 0.0158. The van der Waals surface area contributed by atoms with Crippen LogP contribution in [0.15, 0.2) is 53.4 Å². The van der Waals surface area contributed by atoms with E-state index in [0.717, 1.165) is 5.56 Å². The van der Waals surface area contributed by atoms with Crippen molar-refractivity contribution in [3.63, 3.8) is 0 Å². The monoisotopic (exact) mass is 473 g/mol. The molecule has 0 spiro atoms. The molecule has 2 saturated heterocycles. The first kappa shape index (κ1) is 23.2. The van der Waals surface area contributed by atoms with E-state index in [4.69, 9.17) is 9.47 Å². The second kappa shape index (κ2) is 9.90. The average molecular weight is 474 g/mol. The molecule has 0 aliphatic carbocycles. The number of ether oxygens (including phenoxy) is 2. The molecule has 2 amide bonds. The molecule has 2 aromatic rings. The maximum atomic E-state index is 13.1. The molecule has 0 bridgehead atoms. The van der Waals surface area contributed by atoms with Crippen molar-refractivity contribution in [1.82, 2.24) is 9.21 Å². The number of nitrogens with zero attached hydrogens (tertiary/aromatic N) is 2. The quantitative estimate of drug-likeness (QED) is 0.656. The Morgan fingerprint density at radius 2 is 1.88 bits per heavy atom. The highest BCUT2D eigenvalue weighted by Gasteiger charge is 2.35. The van der Waals surface area contributed by atoms with Crippen molar-refractivity contribution in [3.05, 3.63) is 54.1 Å². The Kier molecular flexibility index (Phi) is 6.96. The Morgan fingerprint density at radius 3 is 2.58 bits per heavy atom. The number of benzene rings is 2. The second-order valence-corrected chi connectivity index (χ2v) is 9.94. The molecule has 9 nitrogen and oxygen atoms in total. The lowest BCUT2D eigenvalue weighted by atomic mass is 10.1. The molecule has 0 radical (unpaired) electrons. The van der Waals surface area contributed by atoms with Crippen molar-refractivity contribution in [3.8, 4) is 5.75 Å². The lowest BCUT2D eigenvalue weighted by Gasteiger charge is -2.27. The van der Waals surface area contributed by atoms with Gasteiger partial charge in [-0.2, -0.15) is 4.31 Å². The molecule has 1 atom stereocenters. The maximum absolute atomic E-state index is 13.1. The Bertz CT molecular complexity index is 1120. The smallest absolute Gasteiger partial charge is 0.246 e. The molecule has 33 heavy (non-hydrogen) atoms. The van der Waals surface area contributed by atoms with E-state index < -0.39 is 15.9 Å². The molecule has 176 valence electrons. The van der Waals surface area contributed by atoms with Gasteiger partial charge in [-0.05, 0) is 23.8 Å². The van der Waals surface area contributed by atoms with Crippen LogP contribution in [0.5, 0.6) is 5.75 Å². The van der Waals surface area contributed by atoms with Crippen LogP contribution in [0.25, 0.3) is 0 Å². The average Bonchev–Trinajstić information content (AvgIpc) is 3.20. The molecular weight excluding hydrogens is 446 g/mol. The number of likely N-dealkylation sites (tertiary alicyclic amines) is 1. The van der Waals surface area contributed by atoms with Crippen molar-refractivity contribution in [2.45, 2.75) is 17.9 Å². The van der Waals surface area contributed by atoms with Crippen molar-refractivity contribution >= 4 is 27.5 Å². The summed E-state index contributed by atoms with van der Waals surface area (Å²) in [5, 5.41) is 2.77. The van der Waals surface area contributed by atoms with Gasteiger partial charge in [0.15, 0.2) is 0 Å².